The van der Waals surface area contributed by atoms with E-state index in [9.17, 15) is 4.79 Å². The maximum atomic E-state index is 11.6. The SMILES string of the molecule is CN(C)C(=O)COC[C@H]1CN(Cc2ncccn2)CC(C)(C)O1. The summed E-state index contributed by atoms with van der Waals surface area (Å²) in [5.74, 6) is 0.752. The Morgan fingerprint density at radius 1 is 1.43 bits per heavy atom. The van der Waals surface area contributed by atoms with E-state index >= 15 is 0 Å². The van der Waals surface area contributed by atoms with Gasteiger partial charge < -0.3 is 14.4 Å². The third-order valence-electron chi connectivity index (χ3n) is 3.56. The number of aromatic nitrogens is 2. The second kappa shape index (κ2) is 7.81. The molecule has 0 unspecified atom stereocenters. The van der Waals surface area contributed by atoms with Gasteiger partial charge in [0.2, 0.25) is 5.91 Å². The minimum absolute atomic E-state index is 0.0467. The van der Waals surface area contributed by atoms with Crippen LogP contribution in [0, 0.1) is 0 Å². The summed E-state index contributed by atoms with van der Waals surface area (Å²) in [7, 11) is 3.43. The molecule has 128 valence electrons. The van der Waals surface area contributed by atoms with Gasteiger partial charge in [-0.05, 0) is 19.9 Å². The summed E-state index contributed by atoms with van der Waals surface area (Å²) in [6.07, 6.45) is 3.43. The molecule has 0 aromatic carbocycles. The number of ether oxygens (including phenoxy) is 2. The lowest BCUT2D eigenvalue weighted by molar-refractivity contribution is -0.161. The molecule has 23 heavy (non-hydrogen) atoms. The monoisotopic (exact) mass is 322 g/mol. The summed E-state index contributed by atoms with van der Waals surface area (Å²) in [6.45, 7) is 6.81. The van der Waals surface area contributed by atoms with Crippen molar-refractivity contribution in [1.82, 2.24) is 19.8 Å². The molecule has 0 radical (unpaired) electrons. The average molecular weight is 322 g/mol. The number of carbonyl (C=O) groups is 1. The average Bonchev–Trinajstić information content (AvgIpc) is 2.46. The van der Waals surface area contributed by atoms with Crippen LogP contribution in [0.15, 0.2) is 18.5 Å². The van der Waals surface area contributed by atoms with Crippen molar-refractivity contribution in [2.24, 2.45) is 0 Å². The Kier molecular flexibility index (Phi) is 6.04. The minimum atomic E-state index is -0.271. The Bertz CT molecular complexity index is 507. The van der Waals surface area contributed by atoms with E-state index in [0.29, 0.717) is 13.2 Å². The second-order valence-electron chi connectivity index (χ2n) is 6.64. The van der Waals surface area contributed by atoms with E-state index < -0.39 is 0 Å². The molecule has 1 fully saturated rings. The van der Waals surface area contributed by atoms with E-state index in [-0.39, 0.29) is 24.2 Å². The number of rotatable bonds is 6. The normalized spacial score (nSPS) is 21.1. The number of morpholine rings is 1. The van der Waals surface area contributed by atoms with Gasteiger partial charge in [0.25, 0.3) is 0 Å². The molecule has 1 saturated heterocycles. The fourth-order valence-electron chi connectivity index (χ4n) is 2.64. The summed E-state index contributed by atoms with van der Waals surface area (Å²) in [5, 5.41) is 0. The van der Waals surface area contributed by atoms with Gasteiger partial charge in [-0.1, -0.05) is 0 Å². The van der Waals surface area contributed by atoms with Crippen LogP contribution in [-0.2, 0) is 20.8 Å². The van der Waals surface area contributed by atoms with Crippen molar-refractivity contribution in [3.05, 3.63) is 24.3 Å². The van der Waals surface area contributed by atoms with Crippen LogP contribution in [0.2, 0.25) is 0 Å². The van der Waals surface area contributed by atoms with Crippen molar-refractivity contribution in [3.8, 4) is 0 Å². The summed E-state index contributed by atoms with van der Waals surface area (Å²) in [4.78, 5) is 23.9. The van der Waals surface area contributed by atoms with E-state index in [4.69, 9.17) is 9.47 Å². The number of likely N-dealkylation sites (N-methyl/N-ethyl adjacent to an activating group) is 1. The molecular formula is C16H26N4O3. The van der Waals surface area contributed by atoms with E-state index in [1.54, 1.807) is 26.5 Å². The molecule has 1 aromatic rings. The minimum Gasteiger partial charge on any atom is -0.369 e. The summed E-state index contributed by atoms with van der Waals surface area (Å²) < 4.78 is 11.6. The van der Waals surface area contributed by atoms with Crippen LogP contribution >= 0.6 is 0 Å². The molecule has 1 aromatic heterocycles. The maximum absolute atomic E-state index is 11.6. The highest BCUT2D eigenvalue weighted by Crippen LogP contribution is 2.22. The number of hydrogen-bond donors (Lipinski definition) is 0. The van der Waals surface area contributed by atoms with Gasteiger partial charge in [-0.2, -0.15) is 0 Å². The van der Waals surface area contributed by atoms with Crippen molar-refractivity contribution in [2.45, 2.75) is 32.1 Å². The largest absolute Gasteiger partial charge is 0.369 e. The third-order valence-corrected chi connectivity index (χ3v) is 3.56. The van der Waals surface area contributed by atoms with Crippen molar-refractivity contribution < 1.29 is 14.3 Å². The highest BCUT2D eigenvalue weighted by Gasteiger charge is 2.33. The van der Waals surface area contributed by atoms with E-state index in [2.05, 4.69) is 28.7 Å². The van der Waals surface area contributed by atoms with Crippen LogP contribution in [-0.4, -0.2) is 77.8 Å². The molecular weight excluding hydrogens is 296 g/mol. The lowest BCUT2D eigenvalue weighted by atomic mass is 10.1. The molecule has 2 heterocycles. The molecule has 1 atom stereocenters. The molecule has 0 N–H and O–H groups in total. The van der Waals surface area contributed by atoms with Crippen LogP contribution in [0.5, 0.6) is 0 Å². The van der Waals surface area contributed by atoms with Gasteiger partial charge >= 0.3 is 0 Å². The second-order valence-corrected chi connectivity index (χ2v) is 6.64. The molecule has 7 nitrogen and oxygen atoms in total. The van der Waals surface area contributed by atoms with Crippen molar-refractivity contribution in [2.75, 3.05) is 40.4 Å². The quantitative estimate of drug-likeness (QED) is 0.762. The molecule has 0 spiro atoms. The van der Waals surface area contributed by atoms with Gasteiger partial charge in [0.15, 0.2) is 0 Å². The molecule has 0 bridgehead atoms. The van der Waals surface area contributed by atoms with Crippen LogP contribution < -0.4 is 0 Å². The lowest BCUT2D eigenvalue weighted by Crippen LogP contribution is -2.53. The third kappa shape index (κ3) is 5.85. The number of nitrogens with zero attached hydrogens (tertiary/aromatic N) is 4. The zero-order valence-corrected chi connectivity index (χ0v) is 14.4. The first-order chi connectivity index (χ1) is 10.9. The van der Waals surface area contributed by atoms with Crippen molar-refractivity contribution in [1.29, 1.82) is 0 Å². The summed E-state index contributed by atoms with van der Waals surface area (Å²) >= 11 is 0. The Labute approximate surface area is 137 Å². The Morgan fingerprint density at radius 3 is 2.78 bits per heavy atom. The maximum Gasteiger partial charge on any atom is 0.248 e. The van der Waals surface area contributed by atoms with E-state index in [1.807, 2.05) is 6.07 Å². The molecule has 0 saturated carbocycles. The standard InChI is InChI=1S/C16H26N4O3/c1-16(2)12-20(9-14-17-6-5-7-18-14)8-13(23-16)10-22-11-15(21)19(3)4/h5-7,13H,8-12H2,1-4H3/t13-/m1/s1. The number of amides is 1. The van der Waals surface area contributed by atoms with Crippen LogP contribution in [0.4, 0.5) is 0 Å². The van der Waals surface area contributed by atoms with Gasteiger partial charge in [-0.15, -0.1) is 0 Å². The van der Waals surface area contributed by atoms with Gasteiger partial charge in [0.1, 0.15) is 12.4 Å². The fourth-order valence-corrected chi connectivity index (χ4v) is 2.64. The smallest absolute Gasteiger partial charge is 0.248 e. The number of carbonyl (C=O) groups excluding carboxylic acids is 1. The molecule has 2 rings (SSSR count). The molecule has 7 heteroatoms. The van der Waals surface area contributed by atoms with Crippen molar-refractivity contribution >= 4 is 5.91 Å². The predicted octanol–water partition coefficient (Wildman–Crippen LogP) is 0.561. The predicted molar refractivity (Wildman–Crippen MR) is 85.8 cm³/mol. The molecule has 1 amide bonds. The summed E-state index contributed by atoms with van der Waals surface area (Å²) in [6, 6.07) is 1.81. The van der Waals surface area contributed by atoms with E-state index in [0.717, 1.165) is 18.9 Å². The first-order valence-corrected chi connectivity index (χ1v) is 7.80. The highest BCUT2D eigenvalue weighted by atomic mass is 16.5. The lowest BCUT2D eigenvalue weighted by Gasteiger charge is -2.42. The van der Waals surface area contributed by atoms with Crippen LogP contribution in [0.3, 0.4) is 0 Å². The Hall–Kier alpha value is -1.57. The van der Waals surface area contributed by atoms with Crippen LogP contribution in [0.25, 0.3) is 0 Å². The number of hydrogen-bond acceptors (Lipinski definition) is 6. The molecule has 1 aliphatic rings. The zero-order chi connectivity index (χ0) is 16.9. The highest BCUT2D eigenvalue weighted by molar-refractivity contribution is 5.76. The van der Waals surface area contributed by atoms with Gasteiger partial charge in [-0.3, -0.25) is 9.69 Å². The van der Waals surface area contributed by atoms with Gasteiger partial charge in [0, 0.05) is 39.6 Å². The van der Waals surface area contributed by atoms with Gasteiger partial charge in [0.05, 0.1) is 24.9 Å². The molecule has 0 aliphatic carbocycles. The zero-order valence-electron chi connectivity index (χ0n) is 14.4. The van der Waals surface area contributed by atoms with E-state index in [1.165, 1.54) is 4.90 Å². The van der Waals surface area contributed by atoms with Crippen LogP contribution in [0.1, 0.15) is 19.7 Å². The molecule has 1 aliphatic heterocycles. The van der Waals surface area contributed by atoms with Crippen molar-refractivity contribution in [3.63, 3.8) is 0 Å². The van der Waals surface area contributed by atoms with Gasteiger partial charge in [-0.25, -0.2) is 9.97 Å². The fraction of sp³-hybridized carbons (Fsp3) is 0.688. The topological polar surface area (TPSA) is 67.8 Å². The first kappa shape index (κ1) is 17.8. The first-order valence-electron chi connectivity index (χ1n) is 7.80. The Morgan fingerprint density at radius 2 is 2.13 bits per heavy atom. The Balaban J connectivity index is 1.87. The summed E-state index contributed by atoms with van der Waals surface area (Å²) in [5.41, 5.74) is -0.271.